The van der Waals surface area contributed by atoms with E-state index in [9.17, 15) is 9.65 Å². The molecular weight excluding hydrogens is 283 g/mol. The zero-order valence-corrected chi connectivity index (χ0v) is 12.7. The van der Waals surface area contributed by atoms with E-state index in [-0.39, 0.29) is 5.82 Å². The lowest BCUT2D eigenvalue weighted by Gasteiger charge is -2.08. The third kappa shape index (κ3) is 4.32. The molecule has 0 spiro atoms. The first kappa shape index (κ1) is 15.6. The van der Waals surface area contributed by atoms with Crippen molar-refractivity contribution in [2.24, 2.45) is 0 Å². The fourth-order valence-electron chi connectivity index (χ4n) is 1.92. The molecule has 21 heavy (non-hydrogen) atoms. The highest BCUT2D eigenvalue weighted by Crippen LogP contribution is 2.32. The van der Waals surface area contributed by atoms with Gasteiger partial charge in [0.2, 0.25) is 0 Å². The van der Waals surface area contributed by atoms with Crippen LogP contribution in [-0.4, -0.2) is 6.54 Å². The van der Waals surface area contributed by atoms with Crippen LogP contribution in [0.15, 0.2) is 52.3 Å². The van der Waals surface area contributed by atoms with E-state index in [2.05, 4.69) is 18.3 Å². The number of benzene rings is 2. The number of nitrogens with zero attached hydrogens (tertiary/aromatic N) is 1. The first-order valence-electron chi connectivity index (χ1n) is 6.90. The molecule has 4 heteroatoms. The van der Waals surface area contributed by atoms with Gasteiger partial charge in [0.15, 0.2) is 0 Å². The van der Waals surface area contributed by atoms with Crippen molar-refractivity contribution in [2.75, 3.05) is 6.54 Å². The summed E-state index contributed by atoms with van der Waals surface area (Å²) in [5, 5.41) is 12.6. The lowest BCUT2D eigenvalue weighted by atomic mass is 10.1. The summed E-state index contributed by atoms with van der Waals surface area (Å²) in [6.45, 7) is 3.81. The second-order valence-corrected chi connectivity index (χ2v) is 5.74. The van der Waals surface area contributed by atoms with Crippen LogP contribution in [0.5, 0.6) is 0 Å². The second kappa shape index (κ2) is 7.82. The number of hydrogen-bond acceptors (Lipinski definition) is 3. The second-order valence-electron chi connectivity index (χ2n) is 4.65. The minimum Gasteiger partial charge on any atom is -0.313 e. The molecule has 0 unspecified atom stereocenters. The highest BCUT2D eigenvalue weighted by molar-refractivity contribution is 7.99. The molecule has 0 heterocycles. The standard InChI is InChI=1S/C17H17FN2S/c1-2-9-20-12-13-7-8-16(14(10-13)11-19)21-17-6-4-3-5-15(17)18/h3-8,10,20H,2,9,12H2,1H3. The Balaban J connectivity index is 2.17. The average molecular weight is 300 g/mol. The van der Waals surface area contributed by atoms with E-state index in [4.69, 9.17) is 0 Å². The number of nitrogens with one attached hydrogen (secondary N) is 1. The highest BCUT2D eigenvalue weighted by atomic mass is 32.2. The molecule has 2 aromatic carbocycles. The third-order valence-corrected chi connectivity index (χ3v) is 4.10. The molecule has 0 aromatic heterocycles. The smallest absolute Gasteiger partial charge is 0.137 e. The zero-order chi connectivity index (χ0) is 15.1. The molecule has 0 saturated heterocycles. The van der Waals surface area contributed by atoms with Gasteiger partial charge in [0.1, 0.15) is 11.9 Å². The van der Waals surface area contributed by atoms with Gasteiger partial charge in [0.25, 0.3) is 0 Å². The van der Waals surface area contributed by atoms with Gasteiger partial charge >= 0.3 is 0 Å². The van der Waals surface area contributed by atoms with Gasteiger partial charge in [-0.25, -0.2) is 4.39 Å². The van der Waals surface area contributed by atoms with Gasteiger partial charge in [-0.2, -0.15) is 5.26 Å². The van der Waals surface area contributed by atoms with Gasteiger partial charge in [-0.15, -0.1) is 0 Å². The van der Waals surface area contributed by atoms with Crippen LogP contribution >= 0.6 is 11.8 Å². The maximum Gasteiger partial charge on any atom is 0.137 e. The fraction of sp³-hybridized carbons (Fsp3) is 0.235. The van der Waals surface area contributed by atoms with E-state index in [1.165, 1.54) is 17.8 Å². The van der Waals surface area contributed by atoms with E-state index in [1.54, 1.807) is 18.2 Å². The normalized spacial score (nSPS) is 10.3. The van der Waals surface area contributed by atoms with E-state index in [1.807, 2.05) is 18.2 Å². The molecule has 0 fully saturated rings. The van der Waals surface area contributed by atoms with Crippen LogP contribution in [0.1, 0.15) is 24.5 Å². The minimum atomic E-state index is -0.264. The van der Waals surface area contributed by atoms with Crippen molar-refractivity contribution in [3.63, 3.8) is 0 Å². The van der Waals surface area contributed by atoms with Crippen LogP contribution in [0.3, 0.4) is 0 Å². The monoisotopic (exact) mass is 300 g/mol. The summed E-state index contributed by atoms with van der Waals surface area (Å²) in [6.07, 6.45) is 1.08. The maximum absolute atomic E-state index is 13.7. The molecule has 0 aliphatic rings. The Hall–Kier alpha value is -1.83. The molecule has 0 aliphatic heterocycles. The van der Waals surface area contributed by atoms with Crippen molar-refractivity contribution in [3.05, 3.63) is 59.4 Å². The van der Waals surface area contributed by atoms with Gasteiger partial charge < -0.3 is 5.32 Å². The van der Waals surface area contributed by atoms with Crippen molar-refractivity contribution >= 4 is 11.8 Å². The molecule has 0 amide bonds. The number of hydrogen-bond donors (Lipinski definition) is 1. The number of nitriles is 1. The lowest BCUT2D eigenvalue weighted by molar-refractivity contribution is 0.602. The lowest BCUT2D eigenvalue weighted by Crippen LogP contribution is -2.13. The quantitative estimate of drug-likeness (QED) is 0.806. The van der Waals surface area contributed by atoms with Crippen molar-refractivity contribution in [1.82, 2.24) is 5.32 Å². The number of rotatable bonds is 6. The van der Waals surface area contributed by atoms with Crippen LogP contribution in [0.2, 0.25) is 0 Å². The summed E-state index contributed by atoms with van der Waals surface area (Å²) in [4.78, 5) is 1.31. The van der Waals surface area contributed by atoms with Crippen molar-refractivity contribution in [2.45, 2.75) is 29.7 Å². The SMILES string of the molecule is CCCNCc1ccc(Sc2ccccc2F)c(C#N)c1. The van der Waals surface area contributed by atoms with E-state index < -0.39 is 0 Å². The Morgan fingerprint density at radius 2 is 2.00 bits per heavy atom. The number of halogens is 1. The molecular formula is C17H17FN2S. The third-order valence-electron chi connectivity index (χ3n) is 2.98. The van der Waals surface area contributed by atoms with Gasteiger partial charge in [-0.1, -0.05) is 36.9 Å². The Bertz CT molecular complexity index is 649. The minimum absolute atomic E-state index is 0.264. The molecule has 0 radical (unpaired) electrons. The Morgan fingerprint density at radius 3 is 2.71 bits per heavy atom. The average Bonchev–Trinajstić information content (AvgIpc) is 2.51. The summed E-state index contributed by atoms with van der Waals surface area (Å²) in [7, 11) is 0. The van der Waals surface area contributed by atoms with Crippen molar-refractivity contribution in [1.29, 1.82) is 5.26 Å². The van der Waals surface area contributed by atoms with Crippen molar-refractivity contribution < 1.29 is 4.39 Å². The first-order chi connectivity index (χ1) is 10.2. The van der Waals surface area contributed by atoms with Gasteiger partial charge in [-0.3, -0.25) is 0 Å². The van der Waals surface area contributed by atoms with Gasteiger partial charge in [-0.05, 0) is 42.8 Å². The summed E-state index contributed by atoms with van der Waals surface area (Å²) in [5.74, 6) is -0.264. The molecule has 108 valence electrons. The Morgan fingerprint density at radius 1 is 1.19 bits per heavy atom. The van der Waals surface area contributed by atoms with E-state index in [0.717, 1.165) is 30.0 Å². The van der Waals surface area contributed by atoms with E-state index >= 15 is 0 Å². The maximum atomic E-state index is 13.7. The zero-order valence-electron chi connectivity index (χ0n) is 11.9. The fourth-order valence-corrected chi connectivity index (χ4v) is 2.82. The summed E-state index contributed by atoms with van der Waals surface area (Å²) in [6, 6.07) is 14.5. The molecule has 2 nitrogen and oxygen atoms in total. The van der Waals surface area contributed by atoms with Crippen LogP contribution in [-0.2, 0) is 6.54 Å². The van der Waals surface area contributed by atoms with E-state index in [0.29, 0.717) is 10.5 Å². The predicted molar refractivity (Wildman–Crippen MR) is 83.7 cm³/mol. The van der Waals surface area contributed by atoms with Crippen LogP contribution in [0, 0.1) is 17.1 Å². The first-order valence-corrected chi connectivity index (χ1v) is 7.72. The summed E-state index contributed by atoms with van der Waals surface area (Å²) >= 11 is 1.28. The topological polar surface area (TPSA) is 35.8 Å². The summed E-state index contributed by atoms with van der Waals surface area (Å²) < 4.78 is 13.7. The largest absolute Gasteiger partial charge is 0.313 e. The molecule has 0 aliphatic carbocycles. The van der Waals surface area contributed by atoms with Crippen LogP contribution < -0.4 is 5.32 Å². The van der Waals surface area contributed by atoms with Crippen LogP contribution in [0.4, 0.5) is 4.39 Å². The molecule has 0 saturated carbocycles. The highest BCUT2D eigenvalue weighted by Gasteiger charge is 2.08. The predicted octanol–water partition coefficient (Wildman–Crippen LogP) is 4.35. The van der Waals surface area contributed by atoms with Gasteiger partial charge in [0.05, 0.1) is 5.56 Å². The van der Waals surface area contributed by atoms with Crippen molar-refractivity contribution in [3.8, 4) is 6.07 Å². The Labute approximate surface area is 129 Å². The summed E-state index contributed by atoms with van der Waals surface area (Å²) in [5.41, 5.74) is 1.65. The van der Waals surface area contributed by atoms with Crippen LogP contribution in [0.25, 0.3) is 0 Å². The van der Waals surface area contributed by atoms with Gasteiger partial charge in [0, 0.05) is 16.3 Å². The molecule has 0 atom stereocenters. The molecule has 0 bridgehead atoms. The molecule has 2 aromatic rings. The molecule has 1 N–H and O–H groups in total. The molecule has 2 rings (SSSR count). The Kier molecular flexibility index (Phi) is 5.79.